The van der Waals surface area contributed by atoms with Gasteiger partial charge in [-0.1, -0.05) is 48.5 Å². The lowest BCUT2D eigenvalue weighted by Gasteiger charge is -2.10. The average molecular weight is 355 g/mol. The Morgan fingerprint density at radius 2 is 1.79 bits per heavy atom. The number of hydroxylamine groups is 1. The van der Waals surface area contributed by atoms with E-state index in [9.17, 15) is 4.79 Å². The molecule has 2 aromatic carbocycles. The Labute approximate surface area is 149 Å². The quantitative estimate of drug-likeness (QED) is 0.484. The van der Waals surface area contributed by atoms with Crippen LogP contribution in [0.5, 0.6) is 0 Å². The molecule has 1 aromatic heterocycles. The number of rotatable bonds is 7. The van der Waals surface area contributed by atoms with Crippen molar-refractivity contribution in [2.75, 3.05) is 0 Å². The zero-order valence-corrected chi connectivity index (χ0v) is 14.6. The molecule has 3 rings (SSSR count). The molecule has 0 aliphatic carbocycles. The monoisotopic (exact) mass is 355 g/mol. The predicted octanol–water partition coefficient (Wildman–Crippen LogP) is 4.90. The molecule has 0 unspecified atom stereocenters. The summed E-state index contributed by atoms with van der Waals surface area (Å²) in [6, 6.07) is 21.5. The van der Waals surface area contributed by atoms with Gasteiger partial charge in [0.05, 0.1) is 12.2 Å². The van der Waals surface area contributed by atoms with Crippen molar-refractivity contribution in [2.45, 2.75) is 17.3 Å². The minimum absolute atomic E-state index is 0.222. The van der Waals surface area contributed by atoms with Gasteiger partial charge in [-0.3, -0.25) is 9.63 Å². The van der Waals surface area contributed by atoms with E-state index < -0.39 is 0 Å². The number of thiophene rings is 1. The molecule has 24 heavy (non-hydrogen) atoms. The highest BCUT2D eigenvalue weighted by molar-refractivity contribution is 7.98. The van der Waals surface area contributed by atoms with Crippen molar-refractivity contribution < 1.29 is 9.63 Å². The number of carbonyl (C=O) groups is 1. The summed E-state index contributed by atoms with van der Waals surface area (Å²) < 4.78 is 0. The van der Waals surface area contributed by atoms with Gasteiger partial charge < -0.3 is 0 Å². The first-order chi connectivity index (χ1) is 11.8. The maximum atomic E-state index is 12.4. The smallest absolute Gasteiger partial charge is 0.269 e. The molecular formula is C19H17NO2S2. The molecule has 0 aliphatic heterocycles. The van der Waals surface area contributed by atoms with E-state index in [0.717, 1.165) is 16.2 Å². The Morgan fingerprint density at radius 1 is 1.00 bits per heavy atom. The third-order valence-electron chi connectivity index (χ3n) is 3.33. The van der Waals surface area contributed by atoms with Crippen LogP contribution in [0.25, 0.3) is 0 Å². The maximum absolute atomic E-state index is 12.4. The first-order valence-electron chi connectivity index (χ1n) is 7.53. The molecule has 1 N–H and O–H groups in total. The van der Waals surface area contributed by atoms with E-state index >= 15 is 0 Å². The Hall–Kier alpha value is -2.08. The van der Waals surface area contributed by atoms with Crippen molar-refractivity contribution in [2.24, 2.45) is 0 Å². The lowest BCUT2D eigenvalue weighted by molar-refractivity contribution is 0.0231. The molecule has 0 bridgehead atoms. The van der Waals surface area contributed by atoms with Crippen LogP contribution in [0.1, 0.15) is 20.8 Å². The number of nitrogens with one attached hydrogen (secondary N) is 1. The van der Waals surface area contributed by atoms with E-state index in [1.54, 1.807) is 23.1 Å². The third-order valence-corrected chi connectivity index (χ3v) is 5.51. The molecule has 0 saturated heterocycles. The molecule has 0 aliphatic rings. The predicted molar refractivity (Wildman–Crippen MR) is 99.0 cm³/mol. The summed E-state index contributed by atoms with van der Waals surface area (Å²) in [5.74, 6) is 0.632. The topological polar surface area (TPSA) is 38.3 Å². The van der Waals surface area contributed by atoms with Crippen LogP contribution < -0.4 is 5.48 Å². The third kappa shape index (κ3) is 4.71. The first-order valence-corrected chi connectivity index (χ1v) is 9.40. The lowest BCUT2D eigenvalue weighted by atomic mass is 10.2. The fraction of sp³-hybridized carbons (Fsp3) is 0.105. The number of hydrogen-bond acceptors (Lipinski definition) is 4. The van der Waals surface area contributed by atoms with Gasteiger partial charge in [0.25, 0.3) is 5.91 Å². The van der Waals surface area contributed by atoms with Gasteiger partial charge in [-0.05, 0) is 29.1 Å². The van der Waals surface area contributed by atoms with Gasteiger partial charge in [0.15, 0.2) is 0 Å². The molecule has 122 valence electrons. The van der Waals surface area contributed by atoms with Gasteiger partial charge in [0, 0.05) is 15.5 Å². The maximum Gasteiger partial charge on any atom is 0.275 e. The summed E-state index contributed by atoms with van der Waals surface area (Å²) in [5, 5.41) is 2.06. The van der Waals surface area contributed by atoms with Crippen molar-refractivity contribution in [1.29, 1.82) is 0 Å². The number of amides is 1. The molecular weight excluding hydrogens is 338 g/mol. The normalized spacial score (nSPS) is 10.5. The molecule has 0 atom stereocenters. The lowest BCUT2D eigenvalue weighted by Crippen LogP contribution is -2.24. The summed E-state index contributed by atoms with van der Waals surface area (Å²) in [4.78, 5) is 19.9. The summed E-state index contributed by atoms with van der Waals surface area (Å²) in [6.45, 7) is 0.344. The highest BCUT2D eigenvalue weighted by atomic mass is 32.2. The summed E-state index contributed by atoms with van der Waals surface area (Å²) in [5.41, 5.74) is 4.18. The molecule has 3 aromatic rings. The van der Waals surface area contributed by atoms with Gasteiger partial charge in [-0.2, -0.15) is 0 Å². The van der Waals surface area contributed by atoms with Crippen molar-refractivity contribution in [1.82, 2.24) is 5.48 Å². The zero-order chi connectivity index (χ0) is 16.6. The van der Waals surface area contributed by atoms with Crippen LogP contribution in [0.4, 0.5) is 0 Å². The minimum Gasteiger partial charge on any atom is -0.269 e. The minimum atomic E-state index is -0.222. The van der Waals surface area contributed by atoms with Crippen LogP contribution in [0.3, 0.4) is 0 Å². The Kier molecular flexibility index (Phi) is 6.07. The fourth-order valence-electron chi connectivity index (χ4n) is 2.14. The largest absolute Gasteiger partial charge is 0.275 e. The summed E-state index contributed by atoms with van der Waals surface area (Å²) in [6.07, 6.45) is 0. The zero-order valence-electron chi connectivity index (χ0n) is 13.0. The molecule has 1 heterocycles. The van der Waals surface area contributed by atoms with Crippen LogP contribution >= 0.6 is 23.1 Å². The molecule has 0 saturated carbocycles. The van der Waals surface area contributed by atoms with Gasteiger partial charge in [-0.25, -0.2) is 5.48 Å². The van der Waals surface area contributed by atoms with Gasteiger partial charge in [0.2, 0.25) is 0 Å². The number of benzene rings is 2. The average Bonchev–Trinajstić information content (AvgIpc) is 3.14. The van der Waals surface area contributed by atoms with Crippen LogP contribution in [0.2, 0.25) is 0 Å². The van der Waals surface area contributed by atoms with E-state index in [1.807, 2.05) is 60.7 Å². The SMILES string of the molecule is O=C(NOCc1ccccc1)c1ccccc1SCc1cccs1. The Balaban J connectivity index is 1.57. The molecule has 3 nitrogen and oxygen atoms in total. The molecule has 0 radical (unpaired) electrons. The number of thioether (sulfide) groups is 1. The van der Waals surface area contributed by atoms with E-state index in [1.165, 1.54) is 4.88 Å². The summed E-state index contributed by atoms with van der Waals surface area (Å²) in [7, 11) is 0. The highest BCUT2D eigenvalue weighted by Crippen LogP contribution is 2.27. The van der Waals surface area contributed by atoms with Crippen molar-refractivity contribution in [3.63, 3.8) is 0 Å². The van der Waals surface area contributed by atoms with Crippen LogP contribution in [-0.2, 0) is 17.2 Å². The Bertz CT molecular complexity index is 773. The van der Waals surface area contributed by atoms with Gasteiger partial charge >= 0.3 is 0 Å². The van der Waals surface area contributed by atoms with Gasteiger partial charge in [0.1, 0.15) is 0 Å². The van der Waals surface area contributed by atoms with Crippen molar-refractivity contribution in [3.8, 4) is 0 Å². The number of hydrogen-bond donors (Lipinski definition) is 1. The van der Waals surface area contributed by atoms with Crippen LogP contribution in [0.15, 0.2) is 77.0 Å². The summed E-state index contributed by atoms with van der Waals surface area (Å²) >= 11 is 3.38. The second-order valence-corrected chi connectivity index (χ2v) is 7.12. The van der Waals surface area contributed by atoms with Crippen LogP contribution in [-0.4, -0.2) is 5.91 Å². The standard InChI is InChI=1S/C19H17NO2S2/c21-19(20-22-13-15-7-2-1-3-8-15)17-10-4-5-11-18(17)24-14-16-9-6-12-23-16/h1-12H,13-14H2,(H,20,21). The fourth-order valence-corrected chi connectivity index (χ4v) is 3.96. The molecule has 0 spiro atoms. The first kappa shape index (κ1) is 16.8. The van der Waals surface area contributed by atoms with E-state index in [0.29, 0.717) is 12.2 Å². The second kappa shape index (κ2) is 8.68. The molecule has 0 fully saturated rings. The molecule has 5 heteroatoms. The highest BCUT2D eigenvalue weighted by Gasteiger charge is 2.11. The van der Waals surface area contributed by atoms with Crippen LogP contribution in [0, 0.1) is 0 Å². The second-order valence-electron chi connectivity index (χ2n) is 5.07. The Morgan fingerprint density at radius 3 is 2.58 bits per heavy atom. The number of carbonyl (C=O) groups excluding carboxylic acids is 1. The van der Waals surface area contributed by atoms with E-state index in [2.05, 4.69) is 16.9 Å². The van der Waals surface area contributed by atoms with Crippen molar-refractivity contribution >= 4 is 29.0 Å². The van der Waals surface area contributed by atoms with Crippen molar-refractivity contribution in [3.05, 3.63) is 88.1 Å². The molecule has 1 amide bonds. The van der Waals surface area contributed by atoms with Gasteiger partial charge in [-0.15, -0.1) is 23.1 Å². The van der Waals surface area contributed by atoms with E-state index in [4.69, 9.17) is 4.84 Å². The van der Waals surface area contributed by atoms with E-state index in [-0.39, 0.29) is 5.91 Å².